The quantitative estimate of drug-likeness (QED) is 0.398. The minimum absolute atomic E-state index is 0.290. The molecule has 0 aliphatic carbocycles. The molecule has 1 aliphatic heterocycles. The lowest BCUT2D eigenvalue weighted by molar-refractivity contribution is -0.144. The maximum atomic E-state index is 13.8. The van der Waals surface area contributed by atoms with E-state index in [4.69, 9.17) is 0 Å². The van der Waals surface area contributed by atoms with Gasteiger partial charge in [-0.05, 0) is 55.0 Å². The van der Waals surface area contributed by atoms with Gasteiger partial charge in [0.2, 0.25) is 5.91 Å². The maximum Gasteiger partial charge on any atom is 0.321 e. The summed E-state index contributed by atoms with van der Waals surface area (Å²) in [7, 11) is 0. The molecule has 9 heteroatoms. The van der Waals surface area contributed by atoms with Crippen molar-refractivity contribution < 1.29 is 22.8 Å². The summed E-state index contributed by atoms with van der Waals surface area (Å²) in [6, 6.07) is 17.2. The fraction of sp³-hybridized carbons (Fsp3) is 0.250. The van der Waals surface area contributed by atoms with Crippen molar-refractivity contribution in [3.05, 3.63) is 89.9 Å². The van der Waals surface area contributed by atoms with Gasteiger partial charge in [0, 0.05) is 18.0 Å². The molecule has 2 amide bonds. The van der Waals surface area contributed by atoms with Crippen LogP contribution in [0.1, 0.15) is 31.0 Å². The number of hydrogen-bond donors (Lipinski definition) is 1. The minimum atomic E-state index is -3.58. The molecule has 6 nitrogen and oxygen atoms in total. The molecule has 37 heavy (non-hydrogen) atoms. The number of aryl methyl sites for hydroxylation is 1. The van der Waals surface area contributed by atoms with Gasteiger partial charge < -0.3 is 10.2 Å². The summed E-state index contributed by atoms with van der Waals surface area (Å²) >= 11 is 0. The second-order valence-corrected chi connectivity index (χ2v) is 9.52. The molecule has 1 aliphatic rings. The molecule has 0 spiro atoms. The van der Waals surface area contributed by atoms with Crippen molar-refractivity contribution in [1.29, 1.82) is 0 Å². The number of nitrogens with zero attached hydrogens (tertiary/aromatic N) is 3. The standard InChI is InChI=1S/C28H25F3N4O2/c1-16-5-4-6-18(13-16)25-24(33-27(37)28(3,30)31)17(2)26(36)34(25)22-11-12-23-19(14-22)15-32-35(23)21-9-7-20(29)8-10-21/h4-15,17,24-25H,1-3H3,(H,33,37)/t17-,24?,25+/m0/s1. The van der Waals surface area contributed by atoms with Crippen LogP contribution in [-0.4, -0.2) is 33.6 Å². The highest BCUT2D eigenvalue weighted by atomic mass is 19.3. The van der Waals surface area contributed by atoms with Gasteiger partial charge in [-0.1, -0.05) is 36.8 Å². The molecule has 0 radical (unpaired) electrons. The average Bonchev–Trinajstić information content (AvgIpc) is 3.38. The Labute approximate surface area is 211 Å². The Morgan fingerprint density at radius 1 is 1.03 bits per heavy atom. The number of fused-ring (bicyclic) bond motifs is 1. The molecule has 1 saturated heterocycles. The summed E-state index contributed by atoms with van der Waals surface area (Å²) in [6.07, 6.45) is 1.64. The van der Waals surface area contributed by atoms with Crippen LogP contribution < -0.4 is 10.2 Å². The van der Waals surface area contributed by atoms with Crippen molar-refractivity contribution in [3.8, 4) is 5.69 Å². The summed E-state index contributed by atoms with van der Waals surface area (Å²) < 4.78 is 42.7. The number of halogens is 3. The Balaban J connectivity index is 1.58. The average molecular weight is 507 g/mol. The molecule has 4 aromatic rings. The number of rotatable bonds is 5. The van der Waals surface area contributed by atoms with Crippen LogP contribution in [0.2, 0.25) is 0 Å². The van der Waals surface area contributed by atoms with Gasteiger partial charge in [0.05, 0.1) is 35.4 Å². The second kappa shape index (κ2) is 9.06. The minimum Gasteiger partial charge on any atom is -0.345 e. The van der Waals surface area contributed by atoms with Crippen LogP contribution in [0.4, 0.5) is 18.9 Å². The van der Waals surface area contributed by atoms with Crippen LogP contribution in [0.3, 0.4) is 0 Å². The monoisotopic (exact) mass is 506 g/mol. The first-order valence-electron chi connectivity index (χ1n) is 11.9. The third-order valence-corrected chi connectivity index (χ3v) is 6.77. The third-order valence-electron chi connectivity index (χ3n) is 6.77. The number of alkyl halides is 2. The summed E-state index contributed by atoms with van der Waals surface area (Å²) in [5.41, 5.74) is 3.64. The molecule has 3 atom stereocenters. The van der Waals surface area contributed by atoms with Gasteiger partial charge >= 0.3 is 5.92 Å². The van der Waals surface area contributed by atoms with E-state index in [2.05, 4.69) is 10.4 Å². The lowest BCUT2D eigenvalue weighted by atomic mass is 9.93. The van der Waals surface area contributed by atoms with Crippen LogP contribution in [0, 0.1) is 18.7 Å². The molecular weight excluding hydrogens is 481 g/mol. The van der Waals surface area contributed by atoms with Crippen molar-refractivity contribution >= 4 is 28.4 Å². The fourth-order valence-electron chi connectivity index (χ4n) is 4.88. The van der Waals surface area contributed by atoms with Crippen molar-refractivity contribution in [2.45, 2.75) is 38.8 Å². The number of anilines is 1. The lowest BCUT2D eigenvalue weighted by Crippen LogP contribution is -2.48. The van der Waals surface area contributed by atoms with Crippen LogP contribution in [-0.2, 0) is 9.59 Å². The molecule has 1 aromatic heterocycles. The molecule has 3 aromatic carbocycles. The second-order valence-electron chi connectivity index (χ2n) is 9.52. The van der Waals surface area contributed by atoms with Crippen molar-refractivity contribution in [1.82, 2.24) is 15.1 Å². The lowest BCUT2D eigenvalue weighted by Gasteiger charge is -2.30. The molecule has 1 unspecified atom stereocenters. The van der Waals surface area contributed by atoms with Crippen molar-refractivity contribution in [2.75, 3.05) is 4.90 Å². The summed E-state index contributed by atoms with van der Waals surface area (Å²) in [5.74, 6) is -6.39. The van der Waals surface area contributed by atoms with E-state index in [0.29, 0.717) is 18.3 Å². The molecule has 0 saturated carbocycles. The summed E-state index contributed by atoms with van der Waals surface area (Å²) in [5, 5.41) is 7.59. The van der Waals surface area contributed by atoms with Crippen molar-refractivity contribution in [3.63, 3.8) is 0 Å². The van der Waals surface area contributed by atoms with Crippen LogP contribution in [0.25, 0.3) is 16.6 Å². The first-order chi connectivity index (χ1) is 17.5. The molecule has 190 valence electrons. The molecule has 1 N–H and O–H groups in total. The van der Waals surface area contributed by atoms with Gasteiger partial charge in [-0.2, -0.15) is 13.9 Å². The number of carbonyl (C=O) groups is 2. The molecular formula is C28H25F3N4O2. The SMILES string of the molecule is Cc1cccc([C@@H]2C(NC(=O)C(C)(F)F)[C@H](C)C(=O)N2c2ccc3c(cnn3-c3ccc(F)cc3)c2)c1. The number of nitrogens with one attached hydrogen (secondary N) is 1. The van der Waals surface area contributed by atoms with E-state index in [0.717, 1.165) is 22.0 Å². The van der Waals surface area contributed by atoms with Crippen LogP contribution >= 0.6 is 0 Å². The Kier molecular flexibility index (Phi) is 6.01. The summed E-state index contributed by atoms with van der Waals surface area (Å²) in [6.45, 7) is 4.07. The zero-order valence-corrected chi connectivity index (χ0v) is 20.5. The predicted molar refractivity (Wildman–Crippen MR) is 134 cm³/mol. The van der Waals surface area contributed by atoms with Crippen LogP contribution in [0.5, 0.6) is 0 Å². The van der Waals surface area contributed by atoms with Crippen molar-refractivity contribution in [2.24, 2.45) is 5.92 Å². The first-order valence-corrected chi connectivity index (χ1v) is 11.9. The number of benzene rings is 3. The van der Waals surface area contributed by atoms with E-state index >= 15 is 0 Å². The Morgan fingerprint density at radius 2 is 1.73 bits per heavy atom. The number of aromatic nitrogens is 2. The predicted octanol–water partition coefficient (Wildman–Crippen LogP) is 5.34. The Bertz CT molecular complexity index is 1490. The molecule has 5 rings (SSSR count). The molecule has 0 bridgehead atoms. The Hall–Kier alpha value is -4.14. The largest absolute Gasteiger partial charge is 0.345 e. The van der Waals surface area contributed by atoms with Gasteiger partial charge in [0.25, 0.3) is 5.91 Å². The van der Waals surface area contributed by atoms with Gasteiger partial charge in [-0.3, -0.25) is 9.59 Å². The van der Waals surface area contributed by atoms with Crippen LogP contribution in [0.15, 0.2) is 72.9 Å². The van der Waals surface area contributed by atoms with E-state index < -0.39 is 29.8 Å². The highest BCUT2D eigenvalue weighted by Gasteiger charge is 2.49. The zero-order chi connectivity index (χ0) is 26.5. The first kappa shape index (κ1) is 24.5. The maximum absolute atomic E-state index is 13.8. The van der Waals surface area contributed by atoms with Gasteiger partial charge in [-0.15, -0.1) is 0 Å². The highest BCUT2D eigenvalue weighted by Crippen LogP contribution is 2.41. The fourth-order valence-corrected chi connectivity index (χ4v) is 4.88. The molecule has 1 fully saturated rings. The number of carbonyl (C=O) groups excluding carboxylic acids is 2. The van der Waals surface area contributed by atoms with E-state index in [-0.39, 0.29) is 11.7 Å². The topological polar surface area (TPSA) is 67.2 Å². The third kappa shape index (κ3) is 4.45. The smallest absolute Gasteiger partial charge is 0.321 e. The number of hydrogen-bond acceptors (Lipinski definition) is 3. The zero-order valence-electron chi connectivity index (χ0n) is 20.5. The van der Waals surface area contributed by atoms with Gasteiger partial charge in [0.15, 0.2) is 0 Å². The summed E-state index contributed by atoms with van der Waals surface area (Å²) in [4.78, 5) is 27.4. The van der Waals surface area contributed by atoms with Gasteiger partial charge in [-0.25, -0.2) is 9.07 Å². The molecule has 2 heterocycles. The Morgan fingerprint density at radius 3 is 2.41 bits per heavy atom. The highest BCUT2D eigenvalue weighted by molar-refractivity contribution is 6.01. The van der Waals surface area contributed by atoms with Gasteiger partial charge in [0.1, 0.15) is 5.82 Å². The van der Waals surface area contributed by atoms with E-state index in [1.807, 2.05) is 31.2 Å². The van der Waals surface area contributed by atoms with E-state index in [1.54, 1.807) is 53.0 Å². The number of amides is 2. The normalized spacial score (nSPS) is 20.0. The van der Waals surface area contributed by atoms with E-state index in [1.165, 1.54) is 12.1 Å². The van der Waals surface area contributed by atoms with E-state index in [9.17, 15) is 22.8 Å².